The summed E-state index contributed by atoms with van der Waals surface area (Å²) in [6.07, 6.45) is 0. The molecular formula is C26H23ClN2O4. The fourth-order valence-electron chi connectivity index (χ4n) is 3.68. The largest absolute Gasteiger partial charge is 0.488 e. The zero-order chi connectivity index (χ0) is 23.2. The average molecular weight is 463 g/mol. The van der Waals surface area contributed by atoms with E-state index in [2.05, 4.69) is 10.6 Å². The molecule has 168 valence electrons. The number of ether oxygens (including phenoxy) is 2. The number of rotatable bonds is 7. The van der Waals surface area contributed by atoms with Gasteiger partial charge in [0.2, 0.25) is 0 Å². The number of urea groups is 1. The molecule has 6 nitrogen and oxygen atoms in total. The van der Waals surface area contributed by atoms with E-state index in [0.717, 1.165) is 5.56 Å². The molecule has 2 amide bonds. The van der Waals surface area contributed by atoms with Crippen molar-refractivity contribution in [2.24, 2.45) is 0 Å². The zero-order valence-corrected chi connectivity index (χ0v) is 18.8. The molecule has 7 heteroatoms. The molecule has 0 saturated carbocycles. The Morgan fingerprint density at radius 1 is 0.970 bits per heavy atom. The van der Waals surface area contributed by atoms with Crippen molar-refractivity contribution < 1.29 is 19.1 Å². The minimum atomic E-state index is -0.768. The molecule has 1 aliphatic rings. The first kappa shape index (κ1) is 22.4. The smallest absolute Gasteiger partial charge is 0.338 e. The van der Waals surface area contributed by atoms with Gasteiger partial charge in [0.15, 0.2) is 0 Å². The van der Waals surface area contributed by atoms with E-state index in [1.165, 1.54) is 0 Å². The number of amides is 2. The number of hydrogen-bond acceptors (Lipinski definition) is 4. The predicted octanol–water partition coefficient (Wildman–Crippen LogP) is 5.25. The van der Waals surface area contributed by atoms with E-state index in [9.17, 15) is 9.59 Å². The van der Waals surface area contributed by atoms with E-state index in [1.807, 2.05) is 66.7 Å². The van der Waals surface area contributed by atoms with Crippen LogP contribution in [0.3, 0.4) is 0 Å². The Hall–Kier alpha value is -3.77. The molecule has 3 aromatic carbocycles. The molecule has 3 aromatic rings. The molecule has 33 heavy (non-hydrogen) atoms. The molecule has 0 aliphatic carbocycles. The van der Waals surface area contributed by atoms with E-state index in [1.54, 1.807) is 19.1 Å². The minimum absolute atomic E-state index is 0.204. The Kier molecular flexibility index (Phi) is 6.95. The fourth-order valence-corrected chi connectivity index (χ4v) is 3.87. The van der Waals surface area contributed by atoms with Crippen LogP contribution in [0.2, 0.25) is 5.02 Å². The third kappa shape index (κ3) is 5.02. The first-order valence-electron chi connectivity index (χ1n) is 10.6. The van der Waals surface area contributed by atoms with Gasteiger partial charge in [0.1, 0.15) is 12.4 Å². The van der Waals surface area contributed by atoms with Crippen molar-refractivity contribution in [2.75, 3.05) is 6.61 Å². The Balaban J connectivity index is 1.77. The van der Waals surface area contributed by atoms with Gasteiger partial charge in [-0.15, -0.1) is 0 Å². The SMILES string of the molecule is CCOC(=O)C1=C(c2ccccc2)NC(=O)NC1c1ccccc1OCc1ccccc1Cl. The second kappa shape index (κ2) is 10.2. The lowest BCUT2D eigenvalue weighted by Crippen LogP contribution is -2.45. The molecule has 4 rings (SSSR count). The number of carbonyl (C=O) groups excluding carboxylic acids is 2. The van der Waals surface area contributed by atoms with E-state index < -0.39 is 18.0 Å². The first-order chi connectivity index (χ1) is 16.1. The number of carbonyl (C=O) groups is 2. The number of halogens is 1. The summed E-state index contributed by atoms with van der Waals surface area (Å²) >= 11 is 6.27. The van der Waals surface area contributed by atoms with E-state index in [-0.39, 0.29) is 13.2 Å². The monoisotopic (exact) mass is 462 g/mol. The summed E-state index contributed by atoms with van der Waals surface area (Å²) in [6, 6.07) is 22.7. The van der Waals surface area contributed by atoms with Crippen molar-refractivity contribution in [2.45, 2.75) is 19.6 Å². The molecule has 0 bridgehead atoms. The highest BCUT2D eigenvalue weighted by Gasteiger charge is 2.35. The predicted molar refractivity (Wildman–Crippen MR) is 127 cm³/mol. The maximum atomic E-state index is 13.1. The number of para-hydroxylation sites is 1. The van der Waals surface area contributed by atoms with E-state index in [4.69, 9.17) is 21.1 Å². The Bertz CT molecular complexity index is 1190. The molecule has 1 atom stereocenters. The van der Waals surface area contributed by atoms with Crippen molar-refractivity contribution in [3.8, 4) is 5.75 Å². The van der Waals surface area contributed by atoms with Gasteiger partial charge in [0.05, 0.1) is 23.9 Å². The van der Waals surface area contributed by atoms with Crippen molar-refractivity contribution in [1.29, 1.82) is 0 Å². The first-order valence-corrected chi connectivity index (χ1v) is 11.0. The second-order valence-corrected chi connectivity index (χ2v) is 7.73. The standard InChI is InChI=1S/C26H23ClN2O4/c1-2-32-25(30)22-23(17-10-4-3-5-11-17)28-26(31)29-24(22)19-13-7-9-15-21(19)33-16-18-12-6-8-14-20(18)27/h3-15,24H,2,16H2,1H3,(H2,28,29,31). The van der Waals surface area contributed by atoms with Gasteiger partial charge in [-0.05, 0) is 24.6 Å². The molecule has 0 aromatic heterocycles. The highest BCUT2D eigenvalue weighted by atomic mass is 35.5. The van der Waals surface area contributed by atoms with Crippen LogP contribution in [0.4, 0.5) is 4.79 Å². The summed E-state index contributed by atoms with van der Waals surface area (Å²) in [5.74, 6) is 0.00795. The molecule has 1 heterocycles. The lowest BCUT2D eigenvalue weighted by molar-refractivity contribution is -0.138. The Morgan fingerprint density at radius 2 is 1.67 bits per heavy atom. The molecule has 1 aliphatic heterocycles. The van der Waals surface area contributed by atoms with Gasteiger partial charge in [0.25, 0.3) is 0 Å². The number of esters is 1. The van der Waals surface area contributed by atoms with Crippen LogP contribution in [-0.4, -0.2) is 18.6 Å². The lowest BCUT2D eigenvalue weighted by Gasteiger charge is -2.30. The third-order valence-corrected chi connectivity index (χ3v) is 5.57. The summed E-state index contributed by atoms with van der Waals surface area (Å²) in [5.41, 5.74) is 2.88. The molecular weight excluding hydrogens is 440 g/mol. The van der Waals surface area contributed by atoms with Gasteiger partial charge >= 0.3 is 12.0 Å². The molecule has 2 N–H and O–H groups in total. The fraction of sp³-hybridized carbons (Fsp3) is 0.154. The van der Waals surface area contributed by atoms with Gasteiger partial charge in [-0.1, -0.05) is 78.3 Å². The maximum Gasteiger partial charge on any atom is 0.338 e. The van der Waals surface area contributed by atoms with Crippen LogP contribution in [0.5, 0.6) is 5.75 Å². The lowest BCUT2D eigenvalue weighted by atomic mass is 9.92. The Labute approximate surface area is 197 Å². The number of hydrogen-bond donors (Lipinski definition) is 2. The highest BCUT2D eigenvalue weighted by Crippen LogP contribution is 2.36. The van der Waals surface area contributed by atoms with Crippen LogP contribution in [0.1, 0.15) is 29.7 Å². The van der Waals surface area contributed by atoms with Crippen LogP contribution >= 0.6 is 11.6 Å². The van der Waals surface area contributed by atoms with Crippen molar-refractivity contribution in [3.05, 3.63) is 106 Å². The van der Waals surface area contributed by atoms with Gasteiger partial charge in [-0.25, -0.2) is 9.59 Å². The molecule has 0 fully saturated rings. The van der Waals surface area contributed by atoms with E-state index >= 15 is 0 Å². The molecule has 1 unspecified atom stereocenters. The minimum Gasteiger partial charge on any atom is -0.488 e. The van der Waals surface area contributed by atoms with E-state index in [0.29, 0.717) is 33.2 Å². The summed E-state index contributed by atoms with van der Waals surface area (Å²) in [4.78, 5) is 25.7. The van der Waals surface area contributed by atoms with Crippen LogP contribution in [0, 0.1) is 0 Å². The second-order valence-electron chi connectivity index (χ2n) is 7.32. The van der Waals surface area contributed by atoms with Crippen LogP contribution in [0.25, 0.3) is 5.70 Å². The molecule has 0 saturated heterocycles. The zero-order valence-electron chi connectivity index (χ0n) is 18.0. The van der Waals surface area contributed by atoms with Crippen LogP contribution in [-0.2, 0) is 16.1 Å². The van der Waals surface area contributed by atoms with Crippen LogP contribution in [0.15, 0.2) is 84.4 Å². The quantitative estimate of drug-likeness (QED) is 0.470. The van der Waals surface area contributed by atoms with Gasteiger partial charge in [0, 0.05) is 16.1 Å². The number of benzene rings is 3. The van der Waals surface area contributed by atoms with Gasteiger partial charge < -0.3 is 20.1 Å². The third-order valence-electron chi connectivity index (χ3n) is 5.20. The summed E-state index contributed by atoms with van der Waals surface area (Å²) in [5, 5.41) is 6.23. The summed E-state index contributed by atoms with van der Waals surface area (Å²) in [6.45, 7) is 2.18. The highest BCUT2D eigenvalue weighted by molar-refractivity contribution is 6.31. The summed E-state index contributed by atoms with van der Waals surface area (Å²) in [7, 11) is 0. The number of nitrogens with one attached hydrogen (secondary N) is 2. The molecule has 0 spiro atoms. The van der Waals surface area contributed by atoms with Gasteiger partial charge in [-0.3, -0.25) is 0 Å². The molecule has 0 radical (unpaired) electrons. The topological polar surface area (TPSA) is 76.7 Å². The van der Waals surface area contributed by atoms with Gasteiger partial charge in [-0.2, -0.15) is 0 Å². The van der Waals surface area contributed by atoms with Crippen LogP contribution < -0.4 is 15.4 Å². The summed E-state index contributed by atoms with van der Waals surface area (Å²) < 4.78 is 11.4. The maximum absolute atomic E-state index is 13.1. The normalized spacial score (nSPS) is 15.5. The Morgan fingerprint density at radius 3 is 2.42 bits per heavy atom. The van der Waals surface area contributed by atoms with Crippen molar-refractivity contribution >= 4 is 29.3 Å². The van der Waals surface area contributed by atoms with Crippen molar-refractivity contribution in [1.82, 2.24) is 10.6 Å². The van der Waals surface area contributed by atoms with Crippen molar-refractivity contribution in [3.63, 3.8) is 0 Å². The average Bonchev–Trinajstić information content (AvgIpc) is 2.84.